The Kier molecular flexibility index (Phi) is 5.23. The molecule has 3 fully saturated rings. The quantitative estimate of drug-likeness (QED) is 0.791. The highest BCUT2D eigenvalue weighted by Gasteiger charge is 2.39. The zero-order valence-corrected chi connectivity index (χ0v) is 13.9. The van der Waals surface area contributed by atoms with Crippen LogP contribution in [0.25, 0.3) is 0 Å². The Labute approximate surface area is 130 Å². The summed E-state index contributed by atoms with van der Waals surface area (Å²) in [4.78, 5) is 2.71. The van der Waals surface area contributed by atoms with Gasteiger partial charge in [-0.15, -0.1) is 0 Å². The Morgan fingerprint density at radius 1 is 1.05 bits per heavy atom. The number of hydrogen-bond acceptors (Lipinski definition) is 3. The molecule has 4 atom stereocenters. The maximum absolute atomic E-state index is 10.1. The number of likely N-dealkylation sites (tertiary alicyclic amines) is 1. The largest absolute Gasteiger partial charge is 0.393 e. The molecule has 0 radical (unpaired) electrons. The highest BCUT2D eigenvalue weighted by Crippen LogP contribution is 2.38. The summed E-state index contributed by atoms with van der Waals surface area (Å²) in [5.74, 6) is 1.39. The molecule has 4 unspecified atom stereocenters. The van der Waals surface area contributed by atoms with Gasteiger partial charge in [-0.05, 0) is 57.3 Å². The van der Waals surface area contributed by atoms with Crippen molar-refractivity contribution in [2.45, 2.75) is 89.4 Å². The average molecular weight is 294 g/mol. The molecule has 1 heterocycles. The Balaban J connectivity index is 1.62. The van der Waals surface area contributed by atoms with E-state index in [-0.39, 0.29) is 6.10 Å². The van der Waals surface area contributed by atoms with Gasteiger partial charge in [0.15, 0.2) is 0 Å². The fourth-order valence-corrected chi connectivity index (χ4v) is 4.71. The van der Waals surface area contributed by atoms with E-state index < -0.39 is 0 Å². The van der Waals surface area contributed by atoms with Gasteiger partial charge in [-0.3, -0.25) is 4.90 Å². The smallest absolute Gasteiger partial charge is 0.0553 e. The summed E-state index contributed by atoms with van der Waals surface area (Å²) in [6, 6.07) is 2.10. The highest BCUT2D eigenvalue weighted by molar-refractivity contribution is 4.95. The van der Waals surface area contributed by atoms with Crippen molar-refractivity contribution in [1.29, 1.82) is 0 Å². The monoisotopic (exact) mass is 294 g/mol. The molecule has 2 N–H and O–H groups in total. The van der Waals surface area contributed by atoms with Gasteiger partial charge in [-0.25, -0.2) is 0 Å². The van der Waals surface area contributed by atoms with Crippen LogP contribution in [0.15, 0.2) is 0 Å². The van der Waals surface area contributed by atoms with Crippen LogP contribution in [-0.4, -0.2) is 47.3 Å². The summed E-state index contributed by atoms with van der Waals surface area (Å²) in [5.41, 5.74) is 0. The van der Waals surface area contributed by atoms with E-state index in [1.807, 2.05) is 6.92 Å². The molecule has 0 spiro atoms. The van der Waals surface area contributed by atoms with E-state index in [1.165, 1.54) is 51.5 Å². The van der Waals surface area contributed by atoms with Crippen LogP contribution in [0.5, 0.6) is 0 Å². The van der Waals surface area contributed by atoms with Crippen LogP contribution in [-0.2, 0) is 0 Å². The van der Waals surface area contributed by atoms with Gasteiger partial charge in [0.25, 0.3) is 0 Å². The number of aliphatic hydroxyl groups is 1. The molecule has 2 saturated carbocycles. The lowest BCUT2D eigenvalue weighted by Gasteiger charge is -2.44. The highest BCUT2D eigenvalue weighted by atomic mass is 16.3. The Hall–Kier alpha value is -0.120. The fourth-order valence-electron chi connectivity index (χ4n) is 4.71. The summed E-state index contributed by atoms with van der Waals surface area (Å²) in [6.45, 7) is 6.64. The number of rotatable bonds is 6. The molecule has 0 bridgehead atoms. The van der Waals surface area contributed by atoms with Gasteiger partial charge in [0.05, 0.1) is 6.10 Å². The standard InChI is InChI=1S/C18H34N2O/c1-3-18(14-8-9-14)20-11-15(13(2)21)10-17(12-20)19-16-6-4-5-7-16/h13-19,21H,3-12H2,1-2H3. The van der Waals surface area contributed by atoms with E-state index in [9.17, 15) is 5.11 Å². The van der Waals surface area contributed by atoms with Crippen molar-refractivity contribution in [1.82, 2.24) is 10.2 Å². The van der Waals surface area contributed by atoms with Crippen LogP contribution in [0.2, 0.25) is 0 Å². The third-order valence-electron chi connectivity index (χ3n) is 6.07. The molecule has 3 rings (SSSR count). The van der Waals surface area contributed by atoms with Gasteiger partial charge in [0, 0.05) is 31.2 Å². The van der Waals surface area contributed by atoms with E-state index >= 15 is 0 Å². The van der Waals surface area contributed by atoms with Crippen LogP contribution < -0.4 is 5.32 Å². The van der Waals surface area contributed by atoms with Gasteiger partial charge in [0.1, 0.15) is 0 Å². The molecule has 122 valence electrons. The minimum Gasteiger partial charge on any atom is -0.393 e. The van der Waals surface area contributed by atoms with E-state index in [4.69, 9.17) is 0 Å². The molecule has 0 aromatic rings. The molecule has 2 aliphatic carbocycles. The molecule has 0 aromatic heterocycles. The van der Waals surface area contributed by atoms with Crippen molar-refractivity contribution in [3.8, 4) is 0 Å². The second-order valence-corrected chi connectivity index (χ2v) is 7.85. The SMILES string of the molecule is CCC(C1CC1)N1CC(NC2CCCC2)CC(C(C)O)C1. The first-order valence-electron chi connectivity index (χ1n) is 9.35. The molecular weight excluding hydrogens is 260 g/mol. The van der Waals surface area contributed by atoms with Crippen LogP contribution in [0.4, 0.5) is 0 Å². The zero-order chi connectivity index (χ0) is 14.8. The first-order valence-corrected chi connectivity index (χ1v) is 9.35. The van der Waals surface area contributed by atoms with Crippen molar-refractivity contribution in [2.24, 2.45) is 11.8 Å². The summed E-state index contributed by atoms with van der Waals surface area (Å²) >= 11 is 0. The fraction of sp³-hybridized carbons (Fsp3) is 1.00. The van der Waals surface area contributed by atoms with Gasteiger partial charge >= 0.3 is 0 Å². The average Bonchev–Trinajstić information content (AvgIpc) is 3.16. The Bertz CT molecular complexity index is 321. The molecule has 1 saturated heterocycles. The minimum absolute atomic E-state index is 0.169. The minimum atomic E-state index is -0.169. The molecule has 0 aromatic carbocycles. The summed E-state index contributed by atoms with van der Waals surface area (Å²) < 4.78 is 0. The third kappa shape index (κ3) is 4.00. The zero-order valence-electron chi connectivity index (χ0n) is 13.9. The molecular formula is C18H34N2O. The Morgan fingerprint density at radius 3 is 2.33 bits per heavy atom. The summed E-state index contributed by atoms with van der Waals surface area (Å²) in [7, 11) is 0. The molecule has 21 heavy (non-hydrogen) atoms. The van der Waals surface area contributed by atoms with Crippen molar-refractivity contribution in [2.75, 3.05) is 13.1 Å². The number of nitrogens with one attached hydrogen (secondary N) is 1. The van der Waals surface area contributed by atoms with E-state index in [0.29, 0.717) is 12.0 Å². The second-order valence-electron chi connectivity index (χ2n) is 7.85. The number of nitrogens with zero attached hydrogens (tertiary/aromatic N) is 1. The topological polar surface area (TPSA) is 35.5 Å². The van der Waals surface area contributed by atoms with E-state index in [1.54, 1.807) is 0 Å². The van der Waals surface area contributed by atoms with Crippen LogP contribution in [0.3, 0.4) is 0 Å². The van der Waals surface area contributed by atoms with Crippen LogP contribution in [0.1, 0.15) is 65.2 Å². The lowest BCUT2D eigenvalue weighted by atomic mass is 9.88. The summed E-state index contributed by atoms with van der Waals surface area (Å²) in [6.07, 6.45) is 10.6. The van der Waals surface area contributed by atoms with E-state index in [0.717, 1.165) is 31.0 Å². The molecule has 3 aliphatic rings. The van der Waals surface area contributed by atoms with Gasteiger partial charge in [-0.2, -0.15) is 0 Å². The number of piperidine rings is 1. The first-order chi connectivity index (χ1) is 10.2. The lowest BCUT2D eigenvalue weighted by molar-refractivity contribution is 0.0212. The van der Waals surface area contributed by atoms with Crippen molar-refractivity contribution < 1.29 is 5.11 Å². The maximum atomic E-state index is 10.1. The normalized spacial score (nSPS) is 35.0. The van der Waals surface area contributed by atoms with Crippen LogP contribution >= 0.6 is 0 Å². The number of hydrogen-bond donors (Lipinski definition) is 2. The van der Waals surface area contributed by atoms with Crippen molar-refractivity contribution in [3.05, 3.63) is 0 Å². The Morgan fingerprint density at radius 2 is 1.76 bits per heavy atom. The maximum Gasteiger partial charge on any atom is 0.0553 e. The van der Waals surface area contributed by atoms with Crippen LogP contribution in [0, 0.1) is 11.8 Å². The van der Waals surface area contributed by atoms with Crippen molar-refractivity contribution in [3.63, 3.8) is 0 Å². The van der Waals surface area contributed by atoms with Crippen molar-refractivity contribution >= 4 is 0 Å². The number of aliphatic hydroxyl groups excluding tert-OH is 1. The lowest BCUT2D eigenvalue weighted by Crippen LogP contribution is -2.56. The molecule has 3 nitrogen and oxygen atoms in total. The molecule has 3 heteroatoms. The van der Waals surface area contributed by atoms with E-state index in [2.05, 4.69) is 17.1 Å². The first kappa shape index (κ1) is 15.8. The van der Waals surface area contributed by atoms with Gasteiger partial charge < -0.3 is 10.4 Å². The second kappa shape index (κ2) is 6.97. The summed E-state index contributed by atoms with van der Waals surface area (Å²) in [5, 5.41) is 14.0. The van der Waals surface area contributed by atoms with Gasteiger partial charge in [-0.1, -0.05) is 19.8 Å². The third-order valence-corrected chi connectivity index (χ3v) is 6.07. The predicted octanol–water partition coefficient (Wildman–Crippen LogP) is 2.78. The molecule has 1 aliphatic heterocycles. The molecule has 0 amide bonds. The van der Waals surface area contributed by atoms with Gasteiger partial charge in [0.2, 0.25) is 0 Å². The predicted molar refractivity (Wildman–Crippen MR) is 87.3 cm³/mol.